The van der Waals surface area contributed by atoms with Crippen LogP contribution in [-0.4, -0.2) is 13.4 Å². The van der Waals surface area contributed by atoms with E-state index in [4.69, 9.17) is 5.14 Å². The Bertz CT molecular complexity index is 445. The molecule has 14 heavy (non-hydrogen) atoms. The zero-order valence-electron chi connectivity index (χ0n) is 7.24. The molecule has 0 amide bonds. The van der Waals surface area contributed by atoms with Crippen LogP contribution in [0.1, 0.15) is 17.7 Å². The van der Waals surface area contributed by atoms with E-state index in [2.05, 4.69) is 4.98 Å². The Balaban J connectivity index is 3.27. The van der Waals surface area contributed by atoms with Gasteiger partial charge in [-0.15, -0.1) is 0 Å². The maximum atomic E-state index is 12.2. The van der Waals surface area contributed by atoms with Crippen molar-refractivity contribution in [2.24, 2.45) is 5.14 Å². The third kappa shape index (κ3) is 2.24. The number of rotatable bonds is 2. The van der Waals surface area contributed by atoms with Gasteiger partial charge in [0.05, 0.1) is 0 Å². The van der Waals surface area contributed by atoms with Crippen LogP contribution >= 0.6 is 0 Å². The molecule has 0 unspecified atom stereocenters. The highest BCUT2D eigenvalue weighted by Gasteiger charge is 2.15. The van der Waals surface area contributed by atoms with E-state index in [0.29, 0.717) is 0 Å². The van der Waals surface area contributed by atoms with Gasteiger partial charge in [-0.2, -0.15) is 0 Å². The van der Waals surface area contributed by atoms with Crippen LogP contribution in [0, 0.1) is 6.92 Å². The second-order valence-electron chi connectivity index (χ2n) is 2.72. The summed E-state index contributed by atoms with van der Waals surface area (Å²) in [6, 6.07) is 1.07. The fourth-order valence-electron chi connectivity index (χ4n) is 0.944. The lowest BCUT2D eigenvalue weighted by Gasteiger charge is -2.04. The molecule has 0 atom stereocenters. The van der Waals surface area contributed by atoms with Crippen molar-refractivity contribution in [3.05, 3.63) is 23.5 Å². The molecule has 0 aliphatic carbocycles. The summed E-state index contributed by atoms with van der Waals surface area (Å²) in [5.41, 5.74) is -0.330. The van der Waals surface area contributed by atoms with Crippen molar-refractivity contribution in [2.45, 2.75) is 18.2 Å². The Labute approximate surface area is 79.8 Å². The van der Waals surface area contributed by atoms with E-state index in [1.54, 1.807) is 0 Å². The van der Waals surface area contributed by atoms with Crippen LogP contribution in [0.2, 0.25) is 0 Å². The largest absolute Gasteiger partial charge is 0.280 e. The number of nitrogens with two attached hydrogens (primary N) is 1. The zero-order valence-corrected chi connectivity index (χ0v) is 8.05. The third-order valence-electron chi connectivity index (χ3n) is 1.63. The second kappa shape index (κ2) is 3.58. The minimum absolute atomic E-state index is 0.103. The Morgan fingerprint density at radius 1 is 1.50 bits per heavy atom. The highest BCUT2D eigenvalue weighted by Crippen LogP contribution is 2.21. The van der Waals surface area contributed by atoms with Crippen LogP contribution in [0.4, 0.5) is 8.78 Å². The van der Waals surface area contributed by atoms with Crippen molar-refractivity contribution in [2.75, 3.05) is 0 Å². The summed E-state index contributed by atoms with van der Waals surface area (Å²) >= 11 is 0. The summed E-state index contributed by atoms with van der Waals surface area (Å²) < 4.78 is 46.1. The van der Waals surface area contributed by atoms with Gasteiger partial charge in [0.2, 0.25) is 10.0 Å². The minimum Gasteiger partial charge on any atom is -0.254 e. The molecule has 0 radical (unpaired) electrons. The van der Waals surface area contributed by atoms with E-state index in [0.717, 1.165) is 12.3 Å². The van der Waals surface area contributed by atoms with Crippen LogP contribution in [0.15, 0.2) is 17.2 Å². The predicted molar refractivity (Wildman–Crippen MR) is 45.3 cm³/mol. The zero-order chi connectivity index (χ0) is 10.9. The Kier molecular flexibility index (Phi) is 2.81. The molecule has 78 valence electrons. The molecule has 0 aliphatic rings. The van der Waals surface area contributed by atoms with Crippen LogP contribution in [0.5, 0.6) is 0 Å². The summed E-state index contributed by atoms with van der Waals surface area (Å²) in [6.45, 7) is 1.35. The number of sulfonamides is 1. The second-order valence-corrected chi connectivity index (χ2v) is 4.28. The van der Waals surface area contributed by atoms with Crippen molar-refractivity contribution < 1.29 is 17.2 Å². The molecule has 0 saturated heterocycles. The topological polar surface area (TPSA) is 73.1 Å². The number of hydrogen-bond donors (Lipinski definition) is 1. The van der Waals surface area contributed by atoms with Gasteiger partial charge < -0.3 is 0 Å². The predicted octanol–water partition coefficient (Wildman–Crippen LogP) is 0.975. The maximum Gasteiger partial charge on any atom is 0.280 e. The van der Waals surface area contributed by atoms with Crippen LogP contribution < -0.4 is 5.14 Å². The van der Waals surface area contributed by atoms with Crippen molar-refractivity contribution in [3.8, 4) is 0 Å². The molecule has 0 fully saturated rings. The Morgan fingerprint density at radius 3 is 2.43 bits per heavy atom. The first-order valence-corrected chi connectivity index (χ1v) is 5.14. The Morgan fingerprint density at radius 2 is 2.07 bits per heavy atom. The van der Waals surface area contributed by atoms with Crippen LogP contribution in [0.25, 0.3) is 0 Å². The standard InChI is InChI=1S/C7H8F2N2O2S/c1-4-2-5(14(10,12)13)3-11-6(4)7(8)9/h2-3,7H,1H3,(H2,10,12,13). The van der Waals surface area contributed by atoms with Gasteiger partial charge in [-0.05, 0) is 18.6 Å². The molecular weight excluding hydrogens is 214 g/mol. The van der Waals surface area contributed by atoms with E-state index >= 15 is 0 Å². The van der Waals surface area contributed by atoms with Gasteiger partial charge in [0.25, 0.3) is 6.43 Å². The number of aryl methyl sites for hydroxylation is 1. The average Bonchev–Trinajstić information content (AvgIpc) is 2.01. The van der Waals surface area contributed by atoms with Crippen molar-refractivity contribution in [3.63, 3.8) is 0 Å². The van der Waals surface area contributed by atoms with Crippen LogP contribution in [-0.2, 0) is 10.0 Å². The molecule has 0 bridgehead atoms. The minimum atomic E-state index is -3.88. The molecule has 0 aromatic carbocycles. The van der Waals surface area contributed by atoms with Gasteiger partial charge >= 0.3 is 0 Å². The summed E-state index contributed by atoms with van der Waals surface area (Å²) in [5, 5.41) is 4.80. The fraction of sp³-hybridized carbons (Fsp3) is 0.286. The molecule has 0 aliphatic heterocycles. The highest BCUT2D eigenvalue weighted by molar-refractivity contribution is 7.89. The molecule has 1 aromatic rings. The van der Waals surface area contributed by atoms with Crippen molar-refractivity contribution >= 4 is 10.0 Å². The molecule has 7 heteroatoms. The van der Waals surface area contributed by atoms with E-state index < -0.39 is 22.1 Å². The first-order chi connectivity index (χ1) is 6.32. The quantitative estimate of drug-likeness (QED) is 0.810. The highest BCUT2D eigenvalue weighted by atomic mass is 32.2. The summed E-state index contributed by atoms with van der Waals surface area (Å²) in [5.74, 6) is 0. The van der Waals surface area contributed by atoms with Gasteiger partial charge in [0, 0.05) is 6.20 Å². The molecule has 1 aromatic heterocycles. The number of halogens is 2. The third-order valence-corrected chi connectivity index (χ3v) is 2.51. The number of alkyl halides is 2. The molecule has 0 saturated carbocycles. The molecule has 4 nitrogen and oxygen atoms in total. The van der Waals surface area contributed by atoms with E-state index in [9.17, 15) is 17.2 Å². The van der Waals surface area contributed by atoms with Gasteiger partial charge in [0.1, 0.15) is 10.6 Å². The van der Waals surface area contributed by atoms with Gasteiger partial charge in [-0.3, -0.25) is 4.98 Å². The molecule has 0 spiro atoms. The number of hydrogen-bond acceptors (Lipinski definition) is 3. The molecule has 1 heterocycles. The smallest absolute Gasteiger partial charge is 0.254 e. The lowest BCUT2D eigenvalue weighted by molar-refractivity contribution is 0.145. The summed E-state index contributed by atoms with van der Waals surface area (Å²) in [7, 11) is -3.88. The van der Waals surface area contributed by atoms with E-state index in [-0.39, 0.29) is 10.5 Å². The number of aromatic nitrogens is 1. The number of primary sulfonamides is 1. The fourth-order valence-corrected chi connectivity index (χ4v) is 1.48. The maximum absolute atomic E-state index is 12.2. The van der Waals surface area contributed by atoms with E-state index in [1.165, 1.54) is 6.92 Å². The van der Waals surface area contributed by atoms with E-state index in [1.807, 2.05) is 0 Å². The van der Waals surface area contributed by atoms with Gasteiger partial charge in [0.15, 0.2) is 0 Å². The monoisotopic (exact) mass is 222 g/mol. The lowest BCUT2D eigenvalue weighted by atomic mass is 10.2. The average molecular weight is 222 g/mol. The van der Waals surface area contributed by atoms with Crippen molar-refractivity contribution in [1.82, 2.24) is 4.98 Å². The van der Waals surface area contributed by atoms with Gasteiger partial charge in [-0.1, -0.05) is 0 Å². The molecular formula is C7H8F2N2O2S. The van der Waals surface area contributed by atoms with Crippen molar-refractivity contribution in [1.29, 1.82) is 0 Å². The first kappa shape index (κ1) is 11.0. The first-order valence-electron chi connectivity index (χ1n) is 3.60. The Hall–Kier alpha value is -1.08. The molecule has 2 N–H and O–H groups in total. The summed E-state index contributed by atoms with van der Waals surface area (Å²) in [4.78, 5) is 3.07. The SMILES string of the molecule is Cc1cc(S(N)(=O)=O)cnc1C(F)F. The number of pyridine rings is 1. The normalized spacial score (nSPS) is 12.1. The lowest BCUT2D eigenvalue weighted by Crippen LogP contribution is -2.13. The summed E-state index contributed by atoms with van der Waals surface area (Å²) in [6.07, 6.45) is -1.89. The van der Waals surface area contributed by atoms with Crippen LogP contribution in [0.3, 0.4) is 0 Å². The number of nitrogens with zero attached hydrogens (tertiary/aromatic N) is 1. The molecule has 1 rings (SSSR count). The van der Waals surface area contributed by atoms with Gasteiger partial charge in [-0.25, -0.2) is 22.3 Å².